The second kappa shape index (κ2) is 5.84. The third-order valence-corrected chi connectivity index (χ3v) is 2.29. The van der Waals surface area contributed by atoms with Crippen molar-refractivity contribution in [1.29, 1.82) is 0 Å². The van der Waals surface area contributed by atoms with Crippen LogP contribution in [0.2, 0.25) is 0 Å². The van der Waals surface area contributed by atoms with E-state index in [4.69, 9.17) is 4.74 Å². The molecule has 1 heterocycles. The number of rotatable bonds is 2. The van der Waals surface area contributed by atoms with Gasteiger partial charge < -0.3 is 9.64 Å². The zero-order valence-corrected chi connectivity index (χ0v) is 8.42. The smallest absolute Gasteiger partial charge is 0.409 e. The first-order valence-corrected chi connectivity index (χ1v) is 5.26. The van der Waals surface area contributed by atoms with Crippen molar-refractivity contribution in [3.8, 4) is 0 Å². The van der Waals surface area contributed by atoms with Crippen LogP contribution in [-0.2, 0) is 4.74 Å². The molecule has 0 radical (unpaired) electrons. The summed E-state index contributed by atoms with van der Waals surface area (Å²) in [6, 6.07) is 0. The quantitative estimate of drug-likeness (QED) is 0.661. The Morgan fingerprint density at radius 2 is 1.85 bits per heavy atom. The molecule has 1 saturated heterocycles. The second-order valence-corrected chi connectivity index (χ2v) is 3.52. The minimum absolute atomic E-state index is 0.122. The molecule has 0 spiro atoms. The zero-order chi connectivity index (χ0) is 9.52. The molecule has 0 unspecified atom stereocenters. The molecule has 76 valence electrons. The highest BCUT2D eigenvalue weighted by Gasteiger charge is 2.15. The fraction of sp³-hybridized carbons (Fsp3) is 0.900. The normalized spacial score (nSPS) is 18.1. The molecule has 1 fully saturated rings. The Morgan fingerprint density at radius 3 is 2.38 bits per heavy atom. The fourth-order valence-electron chi connectivity index (χ4n) is 1.53. The van der Waals surface area contributed by atoms with Crippen LogP contribution in [0.1, 0.15) is 39.0 Å². The minimum atomic E-state index is -0.122. The molecule has 3 nitrogen and oxygen atoms in total. The lowest BCUT2D eigenvalue weighted by Crippen LogP contribution is -2.32. The maximum absolute atomic E-state index is 11.4. The van der Waals surface area contributed by atoms with Gasteiger partial charge in [0, 0.05) is 13.1 Å². The van der Waals surface area contributed by atoms with E-state index in [9.17, 15) is 4.79 Å². The SMILES string of the molecule is CCCOC(=O)N1CCCCCC1. The number of hydrogen-bond acceptors (Lipinski definition) is 2. The lowest BCUT2D eigenvalue weighted by molar-refractivity contribution is 0.104. The topological polar surface area (TPSA) is 29.5 Å². The molecule has 1 aliphatic heterocycles. The first kappa shape index (κ1) is 10.4. The molecule has 0 aliphatic carbocycles. The first-order valence-electron chi connectivity index (χ1n) is 5.26. The van der Waals surface area contributed by atoms with Gasteiger partial charge in [0.15, 0.2) is 0 Å². The monoisotopic (exact) mass is 185 g/mol. The third-order valence-electron chi connectivity index (χ3n) is 2.29. The fourth-order valence-corrected chi connectivity index (χ4v) is 1.53. The van der Waals surface area contributed by atoms with Crippen LogP contribution < -0.4 is 0 Å². The van der Waals surface area contributed by atoms with Gasteiger partial charge in [-0.2, -0.15) is 0 Å². The number of nitrogens with zero attached hydrogens (tertiary/aromatic N) is 1. The van der Waals surface area contributed by atoms with Crippen molar-refractivity contribution in [3.63, 3.8) is 0 Å². The Kier molecular flexibility index (Phi) is 4.65. The third kappa shape index (κ3) is 3.66. The van der Waals surface area contributed by atoms with Crippen molar-refractivity contribution in [1.82, 2.24) is 4.90 Å². The van der Waals surface area contributed by atoms with E-state index in [0.29, 0.717) is 6.61 Å². The Balaban J connectivity index is 2.26. The molecule has 0 atom stereocenters. The molecular formula is C10H19NO2. The van der Waals surface area contributed by atoms with Crippen LogP contribution in [0.4, 0.5) is 4.79 Å². The van der Waals surface area contributed by atoms with Crippen LogP contribution in [0.25, 0.3) is 0 Å². The highest BCUT2D eigenvalue weighted by molar-refractivity contribution is 5.67. The van der Waals surface area contributed by atoms with Gasteiger partial charge in [-0.05, 0) is 19.3 Å². The second-order valence-electron chi connectivity index (χ2n) is 3.52. The van der Waals surface area contributed by atoms with Gasteiger partial charge in [0.2, 0.25) is 0 Å². The molecule has 1 amide bonds. The van der Waals surface area contributed by atoms with E-state index in [1.54, 1.807) is 0 Å². The zero-order valence-electron chi connectivity index (χ0n) is 8.42. The Morgan fingerprint density at radius 1 is 1.23 bits per heavy atom. The van der Waals surface area contributed by atoms with Gasteiger partial charge in [-0.1, -0.05) is 19.8 Å². The Hall–Kier alpha value is -0.730. The Bertz CT molecular complexity index is 151. The summed E-state index contributed by atoms with van der Waals surface area (Å²) in [5.41, 5.74) is 0. The average Bonchev–Trinajstić information content (AvgIpc) is 2.42. The lowest BCUT2D eigenvalue weighted by Gasteiger charge is -2.19. The predicted molar refractivity (Wildman–Crippen MR) is 51.7 cm³/mol. The first-order chi connectivity index (χ1) is 6.34. The molecule has 1 rings (SSSR count). The van der Waals surface area contributed by atoms with Gasteiger partial charge in [0.25, 0.3) is 0 Å². The van der Waals surface area contributed by atoms with Crippen molar-refractivity contribution in [3.05, 3.63) is 0 Å². The van der Waals surface area contributed by atoms with E-state index in [2.05, 4.69) is 0 Å². The molecular weight excluding hydrogens is 166 g/mol. The van der Waals surface area contributed by atoms with E-state index in [0.717, 1.165) is 32.4 Å². The summed E-state index contributed by atoms with van der Waals surface area (Å²) < 4.78 is 5.07. The van der Waals surface area contributed by atoms with Crippen LogP contribution in [-0.4, -0.2) is 30.7 Å². The number of carbonyl (C=O) groups excluding carboxylic acids is 1. The number of likely N-dealkylation sites (tertiary alicyclic amines) is 1. The summed E-state index contributed by atoms with van der Waals surface area (Å²) in [6.45, 7) is 4.32. The number of amides is 1. The molecule has 1 aliphatic rings. The van der Waals surface area contributed by atoms with E-state index < -0.39 is 0 Å². The molecule has 3 heteroatoms. The summed E-state index contributed by atoms with van der Waals surface area (Å²) in [7, 11) is 0. The van der Waals surface area contributed by atoms with E-state index in [-0.39, 0.29) is 6.09 Å². The van der Waals surface area contributed by atoms with Gasteiger partial charge in [0.05, 0.1) is 6.61 Å². The van der Waals surface area contributed by atoms with Gasteiger partial charge >= 0.3 is 6.09 Å². The Labute approximate surface area is 80.1 Å². The molecule has 0 aromatic heterocycles. The van der Waals surface area contributed by atoms with Crippen molar-refractivity contribution in [2.24, 2.45) is 0 Å². The van der Waals surface area contributed by atoms with Crippen LogP contribution in [0.15, 0.2) is 0 Å². The van der Waals surface area contributed by atoms with Gasteiger partial charge in [-0.25, -0.2) is 4.79 Å². The summed E-state index contributed by atoms with van der Waals surface area (Å²) >= 11 is 0. The maximum atomic E-state index is 11.4. The van der Waals surface area contributed by atoms with Crippen LogP contribution in [0, 0.1) is 0 Å². The summed E-state index contributed by atoms with van der Waals surface area (Å²) in [5, 5.41) is 0. The van der Waals surface area contributed by atoms with Crippen molar-refractivity contribution >= 4 is 6.09 Å². The summed E-state index contributed by atoms with van der Waals surface area (Å²) in [5.74, 6) is 0. The molecule has 0 N–H and O–H groups in total. The largest absolute Gasteiger partial charge is 0.449 e. The van der Waals surface area contributed by atoms with Crippen molar-refractivity contribution in [2.45, 2.75) is 39.0 Å². The van der Waals surface area contributed by atoms with Gasteiger partial charge in [-0.3, -0.25) is 0 Å². The number of ether oxygens (including phenoxy) is 1. The van der Waals surface area contributed by atoms with E-state index >= 15 is 0 Å². The molecule has 0 saturated carbocycles. The maximum Gasteiger partial charge on any atom is 0.409 e. The molecule has 0 aromatic rings. The molecule has 0 bridgehead atoms. The standard InChI is InChI=1S/C10H19NO2/c1-2-9-13-10(12)11-7-5-3-4-6-8-11/h2-9H2,1H3. The van der Waals surface area contributed by atoms with Gasteiger partial charge in [0.1, 0.15) is 0 Å². The van der Waals surface area contributed by atoms with Crippen molar-refractivity contribution in [2.75, 3.05) is 19.7 Å². The summed E-state index contributed by atoms with van der Waals surface area (Å²) in [6.07, 6.45) is 5.53. The minimum Gasteiger partial charge on any atom is -0.449 e. The van der Waals surface area contributed by atoms with Crippen LogP contribution in [0.3, 0.4) is 0 Å². The highest BCUT2D eigenvalue weighted by atomic mass is 16.6. The van der Waals surface area contributed by atoms with E-state index in [1.807, 2.05) is 11.8 Å². The number of hydrogen-bond donors (Lipinski definition) is 0. The van der Waals surface area contributed by atoms with E-state index in [1.165, 1.54) is 12.8 Å². The predicted octanol–water partition coefficient (Wildman–Crippen LogP) is 2.41. The number of carbonyl (C=O) groups is 1. The lowest BCUT2D eigenvalue weighted by atomic mass is 10.2. The molecule has 13 heavy (non-hydrogen) atoms. The van der Waals surface area contributed by atoms with Crippen molar-refractivity contribution < 1.29 is 9.53 Å². The molecule has 0 aromatic carbocycles. The van der Waals surface area contributed by atoms with Crippen LogP contribution >= 0.6 is 0 Å². The average molecular weight is 185 g/mol. The summed E-state index contributed by atoms with van der Waals surface area (Å²) in [4.78, 5) is 13.2. The van der Waals surface area contributed by atoms with Gasteiger partial charge in [-0.15, -0.1) is 0 Å². The van der Waals surface area contributed by atoms with Crippen LogP contribution in [0.5, 0.6) is 0 Å². The highest BCUT2D eigenvalue weighted by Crippen LogP contribution is 2.10.